The molecule has 6 nitrogen and oxygen atoms in total. The molecule has 2 aromatic carbocycles. The molecule has 30 heavy (non-hydrogen) atoms. The fourth-order valence-corrected chi connectivity index (χ4v) is 4.46. The molecule has 3 aliphatic rings. The Bertz CT molecular complexity index is 1020. The van der Waals surface area contributed by atoms with Crippen molar-refractivity contribution in [3.63, 3.8) is 0 Å². The second-order valence-corrected chi connectivity index (χ2v) is 7.42. The van der Waals surface area contributed by atoms with Gasteiger partial charge in [-0.1, -0.05) is 12.1 Å². The highest BCUT2D eigenvalue weighted by Crippen LogP contribution is 2.43. The molecule has 158 valence electrons. The van der Waals surface area contributed by atoms with Crippen LogP contribution in [-0.2, 0) is 9.59 Å². The average molecular weight is 419 g/mol. The van der Waals surface area contributed by atoms with Gasteiger partial charge in [0.25, 0.3) is 5.91 Å². The maximum Gasteiger partial charge on any atom is 0.379 e. The lowest BCUT2D eigenvalue weighted by Gasteiger charge is -2.30. The van der Waals surface area contributed by atoms with Crippen molar-refractivity contribution in [1.82, 2.24) is 5.32 Å². The van der Waals surface area contributed by atoms with Crippen molar-refractivity contribution in [2.45, 2.75) is 38.4 Å². The lowest BCUT2D eigenvalue weighted by atomic mass is 10.0. The molecule has 2 aromatic rings. The van der Waals surface area contributed by atoms with E-state index in [2.05, 4.69) is 16.3 Å². The van der Waals surface area contributed by atoms with Crippen LogP contribution in [0.2, 0.25) is 0 Å². The van der Waals surface area contributed by atoms with E-state index in [9.17, 15) is 27.6 Å². The predicted molar refractivity (Wildman–Crippen MR) is 105 cm³/mol. The Morgan fingerprint density at radius 1 is 0.967 bits per heavy atom. The Morgan fingerprint density at radius 2 is 1.67 bits per heavy atom. The second kappa shape index (κ2) is 7.97. The van der Waals surface area contributed by atoms with Gasteiger partial charge in [-0.15, -0.1) is 0 Å². The summed E-state index contributed by atoms with van der Waals surface area (Å²) in [5.41, 5.74) is 2.57. The molecule has 0 bridgehead atoms. The molecule has 0 aliphatic carbocycles. The number of piperidine rings is 1. The van der Waals surface area contributed by atoms with Crippen LogP contribution in [0.15, 0.2) is 30.3 Å². The molecular formula is C21H20F3N3O3. The Balaban J connectivity index is 0.000000503. The van der Waals surface area contributed by atoms with Gasteiger partial charge in [0.1, 0.15) is 6.04 Å². The number of halogens is 3. The zero-order chi connectivity index (χ0) is 21.4. The number of anilines is 2. The molecule has 1 N–H and O–H groups in total. The monoisotopic (exact) mass is 419 g/mol. The number of amides is 3. The molecular weight excluding hydrogens is 399 g/mol. The van der Waals surface area contributed by atoms with Crippen LogP contribution in [0.5, 0.6) is 0 Å². The van der Waals surface area contributed by atoms with Crippen molar-refractivity contribution in [3.05, 3.63) is 35.9 Å². The minimum absolute atomic E-state index is 0.154. The van der Waals surface area contributed by atoms with Crippen LogP contribution < -0.4 is 15.1 Å². The zero-order valence-electron chi connectivity index (χ0n) is 16.0. The lowest BCUT2D eigenvalue weighted by molar-refractivity contribution is -0.134. The fraction of sp³-hybridized carbons (Fsp3) is 0.381. The number of nitrogens with one attached hydrogen (secondary N) is 1. The van der Waals surface area contributed by atoms with Gasteiger partial charge < -0.3 is 4.90 Å². The van der Waals surface area contributed by atoms with Crippen molar-refractivity contribution in [2.24, 2.45) is 0 Å². The van der Waals surface area contributed by atoms with E-state index in [1.807, 2.05) is 24.3 Å². The van der Waals surface area contributed by atoms with Crippen molar-refractivity contribution in [3.8, 4) is 0 Å². The van der Waals surface area contributed by atoms with E-state index < -0.39 is 12.7 Å². The standard InChI is InChI=1S/C20H19N3O3.CHF3/c24-17-9-8-16(19(25)21-17)23-15-5-3-4-12-14(22-10-1-2-11-22)7-6-13(18(12)15)20(23)26;2-1(3)4/h3-7,16H,1-2,8-11H2,(H,21,24,25);1H. The molecule has 3 heterocycles. The van der Waals surface area contributed by atoms with E-state index in [-0.39, 0.29) is 24.1 Å². The number of rotatable bonds is 2. The first kappa shape index (κ1) is 20.2. The summed E-state index contributed by atoms with van der Waals surface area (Å²) in [5.74, 6) is -0.817. The molecule has 2 fully saturated rings. The molecule has 1 atom stereocenters. The van der Waals surface area contributed by atoms with Gasteiger partial charge in [-0.25, -0.2) is 0 Å². The SMILES string of the molecule is FC(F)F.O=C1CCC(N2C(=O)c3ccc(N4CCCC4)c4cccc2c34)C(=O)N1. The molecule has 0 radical (unpaired) electrons. The van der Waals surface area contributed by atoms with Crippen LogP contribution in [0.1, 0.15) is 36.0 Å². The van der Waals surface area contributed by atoms with Gasteiger partial charge in [-0.2, -0.15) is 13.2 Å². The first-order chi connectivity index (χ1) is 14.4. The van der Waals surface area contributed by atoms with E-state index in [0.717, 1.165) is 35.2 Å². The van der Waals surface area contributed by atoms with Gasteiger partial charge in [-0.3, -0.25) is 24.6 Å². The first-order valence-electron chi connectivity index (χ1n) is 9.78. The third kappa shape index (κ3) is 3.48. The number of imide groups is 1. The molecule has 3 amide bonds. The molecule has 0 aromatic heterocycles. The first-order valence-corrected chi connectivity index (χ1v) is 9.78. The Morgan fingerprint density at radius 3 is 2.33 bits per heavy atom. The van der Waals surface area contributed by atoms with Crippen LogP contribution in [-0.4, -0.2) is 43.5 Å². The Hall–Kier alpha value is -3.10. The molecule has 0 saturated carbocycles. The zero-order valence-corrected chi connectivity index (χ0v) is 16.0. The lowest BCUT2D eigenvalue weighted by Crippen LogP contribution is -2.53. The van der Waals surface area contributed by atoms with Crippen LogP contribution in [0.3, 0.4) is 0 Å². The summed E-state index contributed by atoms with van der Waals surface area (Å²) in [4.78, 5) is 40.8. The number of alkyl halides is 3. The van der Waals surface area contributed by atoms with Gasteiger partial charge >= 0.3 is 6.68 Å². The smallest absolute Gasteiger partial charge is 0.371 e. The third-order valence-electron chi connectivity index (χ3n) is 5.67. The van der Waals surface area contributed by atoms with Gasteiger partial charge in [0.05, 0.1) is 11.3 Å². The summed E-state index contributed by atoms with van der Waals surface area (Å²) in [7, 11) is 0. The largest absolute Gasteiger partial charge is 0.379 e. The van der Waals surface area contributed by atoms with Crippen molar-refractivity contribution < 1.29 is 27.6 Å². The molecule has 5 rings (SSSR count). The average Bonchev–Trinajstić information content (AvgIpc) is 3.31. The topological polar surface area (TPSA) is 69.7 Å². The molecule has 3 aliphatic heterocycles. The predicted octanol–water partition coefficient (Wildman–Crippen LogP) is 3.38. The third-order valence-corrected chi connectivity index (χ3v) is 5.67. The summed E-state index contributed by atoms with van der Waals surface area (Å²) < 4.78 is 29.0. The van der Waals surface area contributed by atoms with Crippen LogP contribution in [0.25, 0.3) is 10.8 Å². The van der Waals surface area contributed by atoms with E-state index in [1.165, 1.54) is 12.8 Å². The summed E-state index contributed by atoms with van der Waals surface area (Å²) in [6, 6.07) is 9.17. The molecule has 0 spiro atoms. The van der Waals surface area contributed by atoms with Gasteiger partial charge in [0, 0.05) is 36.0 Å². The summed E-state index contributed by atoms with van der Waals surface area (Å²) in [5, 5.41) is 4.34. The highest BCUT2D eigenvalue weighted by atomic mass is 19.4. The summed E-state index contributed by atoms with van der Waals surface area (Å²) in [6.45, 7) is -1.60. The Labute approximate surface area is 170 Å². The summed E-state index contributed by atoms with van der Waals surface area (Å²) >= 11 is 0. The van der Waals surface area contributed by atoms with Gasteiger partial charge in [-0.05, 0) is 37.5 Å². The fourth-order valence-electron chi connectivity index (χ4n) is 4.46. The van der Waals surface area contributed by atoms with Gasteiger partial charge in [0.2, 0.25) is 11.8 Å². The normalized spacial score (nSPS) is 20.7. The van der Waals surface area contributed by atoms with E-state index in [1.54, 1.807) is 4.90 Å². The van der Waals surface area contributed by atoms with Crippen molar-refractivity contribution >= 4 is 39.9 Å². The molecule has 1 unspecified atom stereocenters. The second-order valence-electron chi connectivity index (χ2n) is 7.42. The van der Waals surface area contributed by atoms with E-state index >= 15 is 0 Å². The quantitative estimate of drug-likeness (QED) is 0.758. The highest BCUT2D eigenvalue weighted by Gasteiger charge is 2.41. The van der Waals surface area contributed by atoms with Crippen LogP contribution in [0, 0.1) is 0 Å². The number of carbonyl (C=O) groups is 3. The van der Waals surface area contributed by atoms with Crippen molar-refractivity contribution in [2.75, 3.05) is 22.9 Å². The minimum Gasteiger partial charge on any atom is -0.371 e. The summed E-state index contributed by atoms with van der Waals surface area (Å²) in [6.07, 6.45) is 2.99. The number of nitrogens with zero attached hydrogens (tertiary/aromatic N) is 2. The molecule has 9 heteroatoms. The Kier molecular flexibility index (Phi) is 5.36. The number of carbonyl (C=O) groups excluding carboxylic acids is 3. The number of hydrogen-bond donors (Lipinski definition) is 1. The van der Waals surface area contributed by atoms with E-state index in [0.29, 0.717) is 12.0 Å². The van der Waals surface area contributed by atoms with Gasteiger partial charge in [0.15, 0.2) is 0 Å². The number of benzene rings is 2. The molecule has 2 saturated heterocycles. The maximum atomic E-state index is 13.1. The van der Waals surface area contributed by atoms with Crippen molar-refractivity contribution in [1.29, 1.82) is 0 Å². The maximum absolute atomic E-state index is 13.1. The highest BCUT2D eigenvalue weighted by molar-refractivity contribution is 6.28. The van der Waals surface area contributed by atoms with Crippen LogP contribution >= 0.6 is 0 Å². The van der Waals surface area contributed by atoms with E-state index in [4.69, 9.17) is 0 Å². The minimum atomic E-state index is -3.67. The number of hydrogen-bond acceptors (Lipinski definition) is 4. The van der Waals surface area contributed by atoms with Crippen LogP contribution in [0.4, 0.5) is 24.5 Å².